The second-order valence-electron chi connectivity index (χ2n) is 4.54. The first kappa shape index (κ1) is 16.0. The summed E-state index contributed by atoms with van der Waals surface area (Å²) >= 11 is 3.41. The zero-order chi connectivity index (χ0) is 15.9. The number of aliphatic carboxylic acids is 1. The normalized spacial score (nSPS) is 11.0. The third-order valence-corrected chi connectivity index (χ3v) is 3.77. The predicted molar refractivity (Wildman–Crippen MR) is 87.5 cm³/mol. The molecule has 0 aliphatic rings. The first-order valence-electron chi connectivity index (χ1n) is 6.61. The summed E-state index contributed by atoms with van der Waals surface area (Å²) in [6.07, 6.45) is 1.89. The van der Waals surface area contributed by atoms with Crippen molar-refractivity contribution >= 4 is 27.8 Å². The van der Waals surface area contributed by atoms with Crippen LogP contribution in [0.15, 0.2) is 70.8 Å². The van der Waals surface area contributed by atoms with Crippen LogP contribution in [0, 0.1) is 0 Å². The van der Waals surface area contributed by atoms with E-state index in [1.807, 2.05) is 24.3 Å². The number of carboxylic acid groups (broad SMARTS) is 1. The van der Waals surface area contributed by atoms with Gasteiger partial charge >= 0.3 is 5.97 Å². The minimum absolute atomic E-state index is 0.135. The van der Waals surface area contributed by atoms with E-state index in [9.17, 15) is 14.7 Å². The highest BCUT2D eigenvalue weighted by molar-refractivity contribution is 9.10. The van der Waals surface area contributed by atoms with Crippen LogP contribution in [0.2, 0.25) is 0 Å². The average Bonchev–Trinajstić information content (AvgIpc) is 2.53. The molecule has 5 heteroatoms. The third-order valence-electron chi connectivity index (χ3n) is 3.00. The van der Waals surface area contributed by atoms with Crippen LogP contribution in [0.1, 0.15) is 15.9 Å². The molecule has 0 bridgehead atoms. The second kappa shape index (κ2) is 7.56. The second-order valence-corrected chi connectivity index (χ2v) is 5.39. The van der Waals surface area contributed by atoms with E-state index in [0.29, 0.717) is 12.0 Å². The molecule has 0 aliphatic heterocycles. The molecule has 0 saturated heterocycles. The Kier molecular flexibility index (Phi) is 5.49. The van der Waals surface area contributed by atoms with Crippen molar-refractivity contribution in [3.63, 3.8) is 0 Å². The van der Waals surface area contributed by atoms with Gasteiger partial charge in [-0.25, -0.2) is 4.79 Å². The molecule has 22 heavy (non-hydrogen) atoms. The molecule has 0 unspecified atom stereocenters. The van der Waals surface area contributed by atoms with Gasteiger partial charge in [0.1, 0.15) is 5.70 Å². The van der Waals surface area contributed by atoms with Crippen LogP contribution in [0.5, 0.6) is 0 Å². The highest BCUT2D eigenvalue weighted by Gasteiger charge is 2.12. The Labute approximate surface area is 136 Å². The Bertz CT molecular complexity index is 711. The van der Waals surface area contributed by atoms with Gasteiger partial charge in [-0.2, -0.15) is 0 Å². The van der Waals surface area contributed by atoms with Gasteiger partial charge in [0.15, 0.2) is 0 Å². The highest BCUT2D eigenvalue weighted by atomic mass is 79.9. The van der Waals surface area contributed by atoms with Crippen LogP contribution >= 0.6 is 15.9 Å². The standard InChI is InChI=1S/C17H14BrNO3/c18-14-9-5-4-6-12(14)10-11-15(17(21)22)19-16(20)13-7-2-1-3-8-13/h1-9,11H,10H2,(H,19,20)(H,21,22). The molecule has 0 atom stereocenters. The van der Waals surface area contributed by atoms with Crippen molar-refractivity contribution < 1.29 is 14.7 Å². The minimum Gasteiger partial charge on any atom is -0.477 e. The molecule has 2 aromatic rings. The Morgan fingerprint density at radius 1 is 1.05 bits per heavy atom. The van der Waals surface area contributed by atoms with E-state index in [4.69, 9.17) is 0 Å². The van der Waals surface area contributed by atoms with Crippen molar-refractivity contribution in [1.82, 2.24) is 5.32 Å². The molecule has 0 radical (unpaired) electrons. The molecule has 0 aliphatic carbocycles. The van der Waals surface area contributed by atoms with Crippen molar-refractivity contribution in [3.05, 3.63) is 82.0 Å². The van der Waals surface area contributed by atoms with Crippen LogP contribution in [0.4, 0.5) is 0 Å². The summed E-state index contributed by atoms with van der Waals surface area (Å²) in [7, 11) is 0. The van der Waals surface area contributed by atoms with E-state index < -0.39 is 11.9 Å². The van der Waals surface area contributed by atoms with Gasteiger partial charge in [0.25, 0.3) is 5.91 Å². The third kappa shape index (κ3) is 4.30. The number of allylic oxidation sites excluding steroid dienone is 1. The zero-order valence-electron chi connectivity index (χ0n) is 11.6. The molecule has 1 amide bonds. The molecule has 0 fully saturated rings. The maximum absolute atomic E-state index is 12.0. The molecule has 0 saturated carbocycles. The molecular weight excluding hydrogens is 346 g/mol. The number of benzene rings is 2. The Balaban J connectivity index is 2.13. The van der Waals surface area contributed by atoms with Crippen molar-refractivity contribution in [2.45, 2.75) is 6.42 Å². The van der Waals surface area contributed by atoms with Crippen LogP contribution in [0.25, 0.3) is 0 Å². The van der Waals surface area contributed by atoms with E-state index in [1.54, 1.807) is 30.3 Å². The first-order valence-corrected chi connectivity index (χ1v) is 7.40. The number of carbonyl (C=O) groups excluding carboxylic acids is 1. The summed E-state index contributed by atoms with van der Waals surface area (Å²) in [6.45, 7) is 0. The number of rotatable bonds is 5. The number of carbonyl (C=O) groups is 2. The lowest BCUT2D eigenvalue weighted by molar-refractivity contribution is -0.133. The molecule has 4 nitrogen and oxygen atoms in total. The van der Waals surface area contributed by atoms with Crippen molar-refractivity contribution in [2.24, 2.45) is 0 Å². The molecule has 0 heterocycles. The lowest BCUT2D eigenvalue weighted by Crippen LogP contribution is -2.27. The monoisotopic (exact) mass is 359 g/mol. The minimum atomic E-state index is -1.17. The van der Waals surface area contributed by atoms with Gasteiger partial charge in [-0.05, 0) is 36.3 Å². The number of nitrogens with one attached hydrogen (secondary N) is 1. The molecule has 0 spiro atoms. The maximum atomic E-state index is 12.0. The van der Waals surface area contributed by atoms with Crippen molar-refractivity contribution in [2.75, 3.05) is 0 Å². The van der Waals surface area contributed by atoms with E-state index >= 15 is 0 Å². The smallest absolute Gasteiger partial charge is 0.352 e. The maximum Gasteiger partial charge on any atom is 0.352 e. The van der Waals surface area contributed by atoms with Crippen molar-refractivity contribution in [1.29, 1.82) is 0 Å². The van der Waals surface area contributed by atoms with Gasteiger partial charge in [0, 0.05) is 10.0 Å². The number of hydrogen-bond acceptors (Lipinski definition) is 2. The highest BCUT2D eigenvalue weighted by Crippen LogP contribution is 2.17. The molecule has 112 valence electrons. The summed E-state index contributed by atoms with van der Waals surface area (Å²) in [4.78, 5) is 23.3. The van der Waals surface area contributed by atoms with Gasteiger partial charge in [-0.3, -0.25) is 4.79 Å². The number of carboxylic acids is 1. The average molecular weight is 360 g/mol. The molecule has 2 rings (SSSR count). The van der Waals surface area contributed by atoms with Gasteiger partial charge < -0.3 is 10.4 Å². The lowest BCUT2D eigenvalue weighted by Gasteiger charge is -2.07. The summed E-state index contributed by atoms with van der Waals surface area (Å²) in [5, 5.41) is 11.7. The summed E-state index contributed by atoms with van der Waals surface area (Å²) in [5.74, 6) is -1.61. The van der Waals surface area contributed by atoms with Gasteiger partial charge in [-0.15, -0.1) is 0 Å². The lowest BCUT2D eigenvalue weighted by atomic mass is 10.1. The summed E-state index contributed by atoms with van der Waals surface area (Å²) in [5.41, 5.74) is 1.22. The summed E-state index contributed by atoms with van der Waals surface area (Å²) < 4.78 is 0.894. The molecule has 0 aromatic heterocycles. The fraction of sp³-hybridized carbons (Fsp3) is 0.0588. The SMILES string of the molecule is O=C(O)C(=CCc1ccccc1Br)NC(=O)c1ccccc1. The number of amides is 1. The van der Waals surface area contributed by atoms with Gasteiger partial charge in [-0.1, -0.05) is 52.3 Å². The number of hydrogen-bond donors (Lipinski definition) is 2. The van der Waals surface area contributed by atoms with Gasteiger partial charge in [0.05, 0.1) is 0 Å². The topological polar surface area (TPSA) is 66.4 Å². The zero-order valence-corrected chi connectivity index (χ0v) is 13.2. The Morgan fingerprint density at radius 3 is 2.32 bits per heavy atom. The Hall–Kier alpha value is -2.40. The van der Waals surface area contributed by atoms with Gasteiger partial charge in [0.2, 0.25) is 0 Å². The van der Waals surface area contributed by atoms with Crippen molar-refractivity contribution in [3.8, 4) is 0 Å². The quantitative estimate of drug-likeness (QED) is 0.804. The largest absolute Gasteiger partial charge is 0.477 e. The van der Waals surface area contributed by atoms with E-state index in [2.05, 4.69) is 21.2 Å². The molecular formula is C17H14BrNO3. The Morgan fingerprint density at radius 2 is 1.68 bits per heavy atom. The van der Waals surface area contributed by atoms with E-state index in [1.165, 1.54) is 6.08 Å². The van der Waals surface area contributed by atoms with Crippen LogP contribution < -0.4 is 5.32 Å². The molecule has 2 aromatic carbocycles. The number of halogens is 1. The van der Waals surface area contributed by atoms with E-state index in [-0.39, 0.29) is 5.70 Å². The van der Waals surface area contributed by atoms with Crippen LogP contribution in [0.3, 0.4) is 0 Å². The summed E-state index contributed by atoms with van der Waals surface area (Å²) in [6, 6.07) is 16.0. The van der Waals surface area contributed by atoms with Crippen LogP contribution in [-0.4, -0.2) is 17.0 Å². The van der Waals surface area contributed by atoms with E-state index in [0.717, 1.165) is 10.0 Å². The predicted octanol–water partition coefficient (Wildman–Crippen LogP) is 3.39. The fourth-order valence-corrected chi connectivity index (χ4v) is 2.30. The van der Waals surface area contributed by atoms with Crippen LogP contribution in [-0.2, 0) is 11.2 Å². The molecule has 2 N–H and O–H groups in total. The fourth-order valence-electron chi connectivity index (χ4n) is 1.85. The first-order chi connectivity index (χ1) is 10.6.